The van der Waals surface area contributed by atoms with Gasteiger partial charge in [-0.15, -0.1) is 0 Å². The van der Waals surface area contributed by atoms with Crippen molar-refractivity contribution in [2.45, 2.75) is 45.2 Å². The summed E-state index contributed by atoms with van der Waals surface area (Å²) in [6.45, 7) is 3.45. The van der Waals surface area contributed by atoms with Gasteiger partial charge in [-0.2, -0.15) is 0 Å². The number of fused-ring (bicyclic) bond motifs is 1. The molecule has 2 aliphatic heterocycles. The Balaban J connectivity index is 1.58. The van der Waals surface area contributed by atoms with E-state index in [1.165, 1.54) is 0 Å². The third-order valence-electron chi connectivity index (χ3n) is 6.15. The van der Waals surface area contributed by atoms with E-state index in [1.54, 1.807) is 6.92 Å². The number of carbonyl (C=O) groups is 2. The summed E-state index contributed by atoms with van der Waals surface area (Å²) in [6.07, 6.45) is 3.53. The summed E-state index contributed by atoms with van der Waals surface area (Å²) in [5.74, 6) is 2.22. The number of carbonyl (C=O) groups excluding carboxylic acids is 2. The first-order valence-corrected chi connectivity index (χ1v) is 11.2. The molecule has 0 radical (unpaired) electrons. The number of aromatic nitrogens is 2. The Hall–Kier alpha value is -3.16. The van der Waals surface area contributed by atoms with Crippen LogP contribution in [0.3, 0.4) is 0 Å². The number of amides is 2. The lowest BCUT2D eigenvalue weighted by Gasteiger charge is -2.36. The van der Waals surface area contributed by atoms with Gasteiger partial charge in [-0.3, -0.25) is 9.59 Å². The number of anilines is 1. The van der Waals surface area contributed by atoms with E-state index < -0.39 is 0 Å². The first-order valence-electron chi connectivity index (χ1n) is 11.2. The number of hydrogen-bond acceptors (Lipinski definition) is 6. The molecule has 8 nitrogen and oxygen atoms in total. The molecular formula is C24H31N5O3. The Morgan fingerprint density at radius 1 is 1.12 bits per heavy atom. The minimum atomic E-state index is -0.162. The molecule has 4 rings (SSSR count). The summed E-state index contributed by atoms with van der Waals surface area (Å²) in [6, 6.07) is 9.23. The van der Waals surface area contributed by atoms with Crippen LogP contribution in [0.5, 0.6) is 5.75 Å². The molecule has 1 fully saturated rings. The van der Waals surface area contributed by atoms with Crippen LogP contribution < -0.4 is 9.64 Å². The van der Waals surface area contributed by atoms with Gasteiger partial charge in [0.25, 0.3) is 5.91 Å². The van der Waals surface area contributed by atoms with Gasteiger partial charge in [0.15, 0.2) is 12.4 Å². The normalized spacial score (nSPS) is 18.2. The van der Waals surface area contributed by atoms with Gasteiger partial charge in [0, 0.05) is 46.1 Å². The number of rotatable bonds is 5. The predicted molar refractivity (Wildman–Crippen MR) is 121 cm³/mol. The molecule has 32 heavy (non-hydrogen) atoms. The van der Waals surface area contributed by atoms with Crippen LogP contribution in [0.2, 0.25) is 0 Å². The van der Waals surface area contributed by atoms with Crippen LogP contribution in [0.25, 0.3) is 0 Å². The molecule has 2 aliphatic rings. The van der Waals surface area contributed by atoms with Crippen molar-refractivity contribution in [2.24, 2.45) is 0 Å². The Morgan fingerprint density at radius 3 is 2.62 bits per heavy atom. The smallest absolute Gasteiger partial charge is 0.261 e. The third-order valence-corrected chi connectivity index (χ3v) is 6.15. The minimum absolute atomic E-state index is 0.000433. The Morgan fingerprint density at radius 2 is 1.91 bits per heavy atom. The summed E-state index contributed by atoms with van der Waals surface area (Å²) in [5, 5.41) is 0. The molecule has 1 aromatic heterocycles. The average molecular weight is 438 g/mol. The maximum atomic E-state index is 13.1. The van der Waals surface area contributed by atoms with Crippen molar-refractivity contribution in [3.05, 3.63) is 47.4 Å². The fraction of sp³-hybridized carbons (Fsp3) is 0.500. The van der Waals surface area contributed by atoms with E-state index in [0.29, 0.717) is 37.6 Å². The van der Waals surface area contributed by atoms with Gasteiger partial charge in [0.05, 0.1) is 18.3 Å². The van der Waals surface area contributed by atoms with Gasteiger partial charge in [0.1, 0.15) is 11.6 Å². The highest BCUT2D eigenvalue weighted by Crippen LogP contribution is 2.33. The van der Waals surface area contributed by atoms with Crippen molar-refractivity contribution in [1.82, 2.24) is 19.8 Å². The molecule has 1 atom stereocenters. The van der Waals surface area contributed by atoms with Gasteiger partial charge >= 0.3 is 0 Å². The van der Waals surface area contributed by atoms with Crippen LogP contribution in [0.1, 0.15) is 49.3 Å². The molecule has 2 amide bonds. The molecule has 0 aliphatic carbocycles. The number of nitrogens with zero attached hydrogens (tertiary/aromatic N) is 5. The molecule has 1 aromatic carbocycles. The van der Waals surface area contributed by atoms with Gasteiger partial charge in [0.2, 0.25) is 5.91 Å². The van der Waals surface area contributed by atoms with Gasteiger partial charge < -0.3 is 19.4 Å². The summed E-state index contributed by atoms with van der Waals surface area (Å²) in [5.41, 5.74) is 1.98. The molecule has 170 valence electrons. The Kier molecular flexibility index (Phi) is 6.58. The molecule has 0 spiro atoms. The zero-order valence-corrected chi connectivity index (χ0v) is 19.1. The summed E-state index contributed by atoms with van der Waals surface area (Å²) >= 11 is 0. The van der Waals surface area contributed by atoms with Crippen LogP contribution in [-0.4, -0.2) is 65.4 Å². The van der Waals surface area contributed by atoms with Gasteiger partial charge in [-0.1, -0.05) is 18.2 Å². The molecule has 2 aromatic rings. The maximum absolute atomic E-state index is 13.1. The summed E-state index contributed by atoms with van der Waals surface area (Å²) < 4.78 is 5.71. The number of piperidine rings is 1. The number of ether oxygens (including phenoxy) is 1. The molecular weight excluding hydrogens is 406 g/mol. The van der Waals surface area contributed by atoms with Crippen LogP contribution in [0.15, 0.2) is 30.3 Å². The zero-order valence-electron chi connectivity index (χ0n) is 19.1. The molecule has 8 heteroatoms. The van der Waals surface area contributed by atoms with Gasteiger partial charge in [-0.05, 0) is 31.4 Å². The predicted octanol–water partition coefficient (Wildman–Crippen LogP) is 2.58. The SMILES string of the molecule is CC(=O)N1CCc2nc(C3CCCCN3C(=O)COc3ccccc3)nc(N(C)C)c2C1. The highest BCUT2D eigenvalue weighted by molar-refractivity contribution is 5.78. The third kappa shape index (κ3) is 4.69. The van der Waals surface area contributed by atoms with E-state index >= 15 is 0 Å². The lowest BCUT2D eigenvalue weighted by molar-refractivity contribution is -0.137. The first-order chi connectivity index (χ1) is 15.4. The molecule has 1 saturated heterocycles. The van der Waals surface area contributed by atoms with Crippen molar-refractivity contribution >= 4 is 17.6 Å². The quantitative estimate of drug-likeness (QED) is 0.715. The van der Waals surface area contributed by atoms with E-state index in [2.05, 4.69) is 0 Å². The lowest BCUT2D eigenvalue weighted by Crippen LogP contribution is -2.42. The molecule has 0 N–H and O–H groups in total. The van der Waals surface area contributed by atoms with Crippen molar-refractivity contribution in [3.8, 4) is 5.75 Å². The van der Waals surface area contributed by atoms with Crippen molar-refractivity contribution in [2.75, 3.05) is 38.7 Å². The average Bonchev–Trinajstić information content (AvgIpc) is 2.82. The van der Waals surface area contributed by atoms with E-state index in [-0.39, 0.29) is 24.5 Å². The van der Waals surface area contributed by atoms with E-state index in [4.69, 9.17) is 14.7 Å². The van der Waals surface area contributed by atoms with Crippen molar-refractivity contribution in [1.29, 1.82) is 0 Å². The lowest BCUT2D eigenvalue weighted by atomic mass is 9.99. The topological polar surface area (TPSA) is 78.9 Å². The largest absolute Gasteiger partial charge is 0.484 e. The van der Waals surface area contributed by atoms with E-state index in [1.807, 2.05) is 59.1 Å². The van der Waals surface area contributed by atoms with Crippen molar-refractivity contribution in [3.63, 3.8) is 0 Å². The molecule has 0 saturated carbocycles. The number of para-hydroxylation sites is 1. The standard InChI is InChI=1S/C24H31N5O3/c1-17(30)28-14-12-20-19(15-28)24(27(2)3)26-23(25-20)21-11-7-8-13-29(21)22(31)16-32-18-9-5-4-6-10-18/h4-6,9-10,21H,7-8,11-16H2,1-3H3. The Labute approximate surface area is 189 Å². The summed E-state index contributed by atoms with van der Waals surface area (Å²) in [4.78, 5) is 40.5. The van der Waals surface area contributed by atoms with Crippen LogP contribution in [0.4, 0.5) is 5.82 Å². The second kappa shape index (κ2) is 9.54. The summed E-state index contributed by atoms with van der Waals surface area (Å²) in [7, 11) is 3.91. The number of benzene rings is 1. The maximum Gasteiger partial charge on any atom is 0.261 e. The Bertz CT molecular complexity index is 979. The second-order valence-electron chi connectivity index (χ2n) is 8.62. The van der Waals surface area contributed by atoms with E-state index in [9.17, 15) is 9.59 Å². The fourth-order valence-electron chi connectivity index (χ4n) is 4.45. The van der Waals surface area contributed by atoms with Crippen LogP contribution in [0, 0.1) is 0 Å². The van der Waals surface area contributed by atoms with Crippen LogP contribution >= 0.6 is 0 Å². The van der Waals surface area contributed by atoms with Crippen molar-refractivity contribution < 1.29 is 14.3 Å². The van der Waals surface area contributed by atoms with E-state index in [0.717, 1.165) is 36.3 Å². The molecule has 3 heterocycles. The minimum Gasteiger partial charge on any atom is -0.484 e. The molecule has 1 unspecified atom stereocenters. The number of hydrogen-bond donors (Lipinski definition) is 0. The highest BCUT2D eigenvalue weighted by atomic mass is 16.5. The monoisotopic (exact) mass is 437 g/mol. The molecule has 0 bridgehead atoms. The second-order valence-corrected chi connectivity index (χ2v) is 8.62. The van der Waals surface area contributed by atoms with Gasteiger partial charge in [-0.25, -0.2) is 9.97 Å². The zero-order chi connectivity index (χ0) is 22.7. The first kappa shape index (κ1) is 22.0. The van der Waals surface area contributed by atoms with Crippen LogP contribution in [-0.2, 0) is 22.6 Å². The fourth-order valence-corrected chi connectivity index (χ4v) is 4.45. The number of likely N-dealkylation sites (tertiary alicyclic amines) is 1. The highest BCUT2D eigenvalue weighted by Gasteiger charge is 2.33.